The molecule has 1 N–H and O–H groups in total. The highest BCUT2D eigenvalue weighted by Crippen LogP contribution is 2.25. The monoisotopic (exact) mass is 262 g/mol. The van der Waals surface area contributed by atoms with Crippen molar-refractivity contribution in [1.29, 1.82) is 0 Å². The third kappa shape index (κ3) is 3.40. The molecule has 1 aromatic rings. The zero-order chi connectivity index (χ0) is 13.8. The van der Waals surface area contributed by atoms with Gasteiger partial charge in [0.15, 0.2) is 0 Å². The van der Waals surface area contributed by atoms with Crippen LogP contribution in [0.3, 0.4) is 0 Å². The van der Waals surface area contributed by atoms with Crippen molar-refractivity contribution in [2.75, 3.05) is 25.5 Å². The van der Waals surface area contributed by atoms with Crippen LogP contribution in [0.15, 0.2) is 24.3 Å². The number of carbonyl (C=O) groups is 1. The second kappa shape index (κ2) is 5.95. The van der Waals surface area contributed by atoms with Crippen molar-refractivity contribution in [2.45, 2.75) is 20.3 Å². The predicted molar refractivity (Wildman–Crippen MR) is 76.5 cm³/mol. The molecule has 4 heteroatoms. The molecule has 4 nitrogen and oxygen atoms in total. The number of nitrogens with one attached hydrogen (secondary N) is 1. The van der Waals surface area contributed by atoms with E-state index in [2.05, 4.69) is 19.2 Å². The number of hydrogen-bond donors (Lipinski definition) is 1. The Bertz CT molecular complexity index is 438. The lowest BCUT2D eigenvalue weighted by Crippen LogP contribution is -2.44. The van der Waals surface area contributed by atoms with Crippen LogP contribution in [0.2, 0.25) is 0 Å². The van der Waals surface area contributed by atoms with Gasteiger partial charge in [-0.1, -0.05) is 26.0 Å². The molecular weight excluding hydrogens is 240 g/mol. The highest BCUT2D eigenvalue weighted by Gasteiger charge is 2.25. The molecule has 1 saturated heterocycles. The zero-order valence-electron chi connectivity index (χ0n) is 11.8. The minimum atomic E-state index is -0.0390. The quantitative estimate of drug-likeness (QED) is 0.889. The fourth-order valence-corrected chi connectivity index (χ4v) is 2.77. The normalized spacial score (nSPS) is 23.0. The maximum atomic E-state index is 12.3. The van der Waals surface area contributed by atoms with Gasteiger partial charge in [-0.3, -0.25) is 0 Å². The standard InChI is InChI=1S/C15H22N2O2/c1-11-8-12(2)10-17(9-11)15(18)16-13-6-4-5-7-14(13)19-3/h4-7,11-12H,8-10H2,1-3H3,(H,16,18)/t11-,12-/m0/s1. The summed E-state index contributed by atoms with van der Waals surface area (Å²) in [5, 5.41) is 2.93. The Morgan fingerprint density at radius 1 is 1.26 bits per heavy atom. The Labute approximate surface area is 114 Å². The molecule has 0 radical (unpaired) electrons. The first-order chi connectivity index (χ1) is 9.10. The number of para-hydroxylation sites is 2. The molecule has 1 aliphatic rings. The summed E-state index contributed by atoms with van der Waals surface area (Å²) in [6.45, 7) is 6.04. The first kappa shape index (κ1) is 13.7. The van der Waals surface area contributed by atoms with Crippen LogP contribution in [-0.2, 0) is 0 Å². The molecule has 0 saturated carbocycles. The third-order valence-electron chi connectivity index (χ3n) is 3.50. The van der Waals surface area contributed by atoms with Gasteiger partial charge >= 0.3 is 6.03 Å². The van der Waals surface area contributed by atoms with Crippen molar-refractivity contribution >= 4 is 11.7 Å². The van der Waals surface area contributed by atoms with E-state index in [-0.39, 0.29) is 6.03 Å². The van der Waals surface area contributed by atoms with Crippen molar-refractivity contribution < 1.29 is 9.53 Å². The third-order valence-corrected chi connectivity index (χ3v) is 3.50. The number of rotatable bonds is 2. The lowest BCUT2D eigenvalue weighted by molar-refractivity contribution is 0.156. The summed E-state index contributed by atoms with van der Waals surface area (Å²) in [5.41, 5.74) is 0.723. The Morgan fingerprint density at radius 2 is 1.89 bits per heavy atom. The number of hydrogen-bond acceptors (Lipinski definition) is 2. The Hall–Kier alpha value is -1.71. The molecule has 0 unspecified atom stereocenters. The van der Waals surface area contributed by atoms with E-state index in [1.165, 1.54) is 6.42 Å². The number of nitrogens with zero attached hydrogens (tertiary/aromatic N) is 1. The molecule has 0 aromatic heterocycles. The highest BCUT2D eigenvalue weighted by molar-refractivity contribution is 5.91. The van der Waals surface area contributed by atoms with Crippen LogP contribution in [0, 0.1) is 11.8 Å². The van der Waals surface area contributed by atoms with Crippen LogP contribution >= 0.6 is 0 Å². The van der Waals surface area contributed by atoms with Crippen LogP contribution in [0.1, 0.15) is 20.3 Å². The number of benzene rings is 1. The minimum Gasteiger partial charge on any atom is -0.495 e. The van der Waals surface area contributed by atoms with Gasteiger partial charge in [0, 0.05) is 13.1 Å². The van der Waals surface area contributed by atoms with Crippen LogP contribution in [0.25, 0.3) is 0 Å². The summed E-state index contributed by atoms with van der Waals surface area (Å²) >= 11 is 0. The first-order valence-corrected chi connectivity index (χ1v) is 6.79. The van der Waals surface area contributed by atoms with Gasteiger partial charge < -0.3 is 15.0 Å². The van der Waals surface area contributed by atoms with Gasteiger partial charge in [-0.05, 0) is 30.4 Å². The van der Waals surface area contributed by atoms with E-state index in [4.69, 9.17) is 4.74 Å². The molecule has 2 atom stereocenters. The Morgan fingerprint density at radius 3 is 2.53 bits per heavy atom. The average Bonchev–Trinajstić information content (AvgIpc) is 2.38. The summed E-state index contributed by atoms with van der Waals surface area (Å²) in [4.78, 5) is 14.2. The maximum Gasteiger partial charge on any atom is 0.321 e. The van der Waals surface area contributed by atoms with E-state index in [1.54, 1.807) is 7.11 Å². The predicted octanol–water partition coefficient (Wildman–Crippen LogP) is 3.21. The second-order valence-corrected chi connectivity index (χ2v) is 5.48. The topological polar surface area (TPSA) is 41.6 Å². The van der Waals surface area contributed by atoms with Crippen LogP contribution in [0.4, 0.5) is 10.5 Å². The first-order valence-electron chi connectivity index (χ1n) is 6.79. The van der Waals surface area contributed by atoms with Crippen molar-refractivity contribution in [1.82, 2.24) is 4.90 Å². The molecule has 1 aliphatic heterocycles. The molecular formula is C15H22N2O2. The molecule has 1 aromatic carbocycles. The fraction of sp³-hybridized carbons (Fsp3) is 0.533. The second-order valence-electron chi connectivity index (χ2n) is 5.48. The smallest absolute Gasteiger partial charge is 0.321 e. The van der Waals surface area contributed by atoms with Crippen molar-refractivity contribution in [3.8, 4) is 5.75 Å². The highest BCUT2D eigenvalue weighted by atomic mass is 16.5. The lowest BCUT2D eigenvalue weighted by atomic mass is 9.92. The average molecular weight is 262 g/mol. The van der Waals surface area contributed by atoms with Crippen molar-refractivity contribution in [3.05, 3.63) is 24.3 Å². The molecule has 1 fully saturated rings. The Balaban J connectivity index is 2.04. The number of piperidine rings is 1. The van der Waals surface area contributed by atoms with Gasteiger partial charge in [0.25, 0.3) is 0 Å². The number of amides is 2. The molecule has 0 spiro atoms. The largest absolute Gasteiger partial charge is 0.495 e. The van der Waals surface area contributed by atoms with E-state index in [9.17, 15) is 4.79 Å². The van der Waals surface area contributed by atoms with E-state index in [0.29, 0.717) is 17.6 Å². The molecule has 1 heterocycles. The summed E-state index contributed by atoms with van der Waals surface area (Å²) in [6.07, 6.45) is 1.19. The summed E-state index contributed by atoms with van der Waals surface area (Å²) in [5.74, 6) is 1.81. The number of methoxy groups -OCH3 is 1. The SMILES string of the molecule is COc1ccccc1NC(=O)N1C[C@@H](C)C[C@H](C)C1. The number of ether oxygens (including phenoxy) is 1. The summed E-state index contributed by atoms with van der Waals surface area (Å²) in [6, 6.07) is 7.44. The molecule has 0 bridgehead atoms. The molecule has 19 heavy (non-hydrogen) atoms. The van der Waals surface area contributed by atoms with Gasteiger partial charge in [0.05, 0.1) is 12.8 Å². The van der Waals surface area contributed by atoms with Gasteiger partial charge in [-0.25, -0.2) is 4.79 Å². The van der Waals surface area contributed by atoms with E-state index in [1.807, 2.05) is 29.2 Å². The molecule has 0 aliphatic carbocycles. The minimum absolute atomic E-state index is 0.0390. The summed E-state index contributed by atoms with van der Waals surface area (Å²) < 4.78 is 5.24. The van der Waals surface area contributed by atoms with Gasteiger partial charge in [0.2, 0.25) is 0 Å². The lowest BCUT2D eigenvalue weighted by Gasteiger charge is -2.35. The fourth-order valence-electron chi connectivity index (χ4n) is 2.77. The zero-order valence-corrected chi connectivity index (χ0v) is 11.8. The van der Waals surface area contributed by atoms with E-state index >= 15 is 0 Å². The van der Waals surface area contributed by atoms with E-state index < -0.39 is 0 Å². The molecule has 104 valence electrons. The van der Waals surface area contributed by atoms with Gasteiger partial charge in [0.1, 0.15) is 5.75 Å². The van der Waals surface area contributed by atoms with Crippen LogP contribution in [-0.4, -0.2) is 31.1 Å². The number of anilines is 1. The van der Waals surface area contributed by atoms with Gasteiger partial charge in [-0.15, -0.1) is 0 Å². The number of likely N-dealkylation sites (tertiary alicyclic amines) is 1. The number of carbonyl (C=O) groups excluding carboxylic acids is 1. The van der Waals surface area contributed by atoms with Gasteiger partial charge in [-0.2, -0.15) is 0 Å². The van der Waals surface area contributed by atoms with Crippen molar-refractivity contribution in [3.63, 3.8) is 0 Å². The molecule has 2 amide bonds. The molecule has 2 rings (SSSR count). The van der Waals surface area contributed by atoms with E-state index in [0.717, 1.165) is 18.8 Å². The van der Waals surface area contributed by atoms with Crippen molar-refractivity contribution in [2.24, 2.45) is 11.8 Å². The Kier molecular flexibility index (Phi) is 4.30. The summed E-state index contributed by atoms with van der Waals surface area (Å²) in [7, 11) is 1.61. The van der Waals surface area contributed by atoms with Crippen LogP contribution in [0.5, 0.6) is 5.75 Å². The maximum absolute atomic E-state index is 12.3. The number of urea groups is 1. The van der Waals surface area contributed by atoms with Crippen LogP contribution < -0.4 is 10.1 Å².